The highest BCUT2D eigenvalue weighted by molar-refractivity contribution is 5.74. The maximum Gasteiger partial charge on any atom is 0.337 e. The van der Waals surface area contributed by atoms with Crippen LogP contribution in [0.25, 0.3) is 0 Å². The number of hydrogen-bond donors (Lipinski definition) is 1. The van der Waals surface area contributed by atoms with Crippen LogP contribution in [0, 0.1) is 0 Å². The maximum atomic E-state index is 10.9. The molecule has 0 aromatic heterocycles. The quantitative estimate of drug-likeness (QED) is 0.822. The van der Waals surface area contributed by atoms with Crippen molar-refractivity contribution in [2.45, 2.75) is 24.9 Å². The summed E-state index contributed by atoms with van der Waals surface area (Å²) in [6, 6.07) is 7.70. The van der Waals surface area contributed by atoms with Crippen molar-refractivity contribution >= 4 is 5.97 Å². The Hall–Kier alpha value is -1.35. The lowest BCUT2D eigenvalue weighted by atomic mass is 10.0. The fourth-order valence-corrected chi connectivity index (χ4v) is 1.77. The van der Waals surface area contributed by atoms with Gasteiger partial charge in [-0.2, -0.15) is 0 Å². The summed E-state index contributed by atoms with van der Waals surface area (Å²) in [7, 11) is 1.42. The fraction of sp³-hybridized carbons (Fsp3) is 0.417. The highest BCUT2D eigenvalue weighted by Gasteiger charge is 2.25. The largest absolute Gasteiger partial charge is 0.479 e. The first-order valence-electron chi connectivity index (χ1n) is 5.08. The van der Waals surface area contributed by atoms with E-state index in [-0.39, 0.29) is 0 Å². The molecule has 1 N–H and O–H groups in total. The Labute approximate surface area is 88.7 Å². The van der Waals surface area contributed by atoms with E-state index in [2.05, 4.69) is 6.07 Å². The average molecular weight is 206 g/mol. The van der Waals surface area contributed by atoms with Crippen LogP contribution in [0.3, 0.4) is 0 Å². The molecule has 1 saturated carbocycles. The first-order valence-corrected chi connectivity index (χ1v) is 5.08. The fourth-order valence-electron chi connectivity index (χ4n) is 1.77. The molecule has 0 amide bonds. The Morgan fingerprint density at radius 2 is 2.27 bits per heavy atom. The summed E-state index contributed by atoms with van der Waals surface area (Å²) in [6.07, 6.45) is 1.59. The topological polar surface area (TPSA) is 46.5 Å². The zero-order valence-corrected chi connectivity index (χ0v) is 8.64. The van der Waals surface area contributed by atoms with Crippen molar-refractivity contribution in [3.8, 4) is 0 Å². The van der Waals surface area contributed by atoms with Gasteiger partial charge in [-0.1, -0.05) is 24.3 Å². The number of rotatable bonds is 4. The molecular weight excluding hydrogens is 192 g/mol. The second-order valence-corrected chi connectivity index (χ2v) is 3.90. The number of carboxylic acid groups (broad SMARTS) is 1. The first kappa shape index (κ1) is 10.2. The smallest absolute Gasteiger partial charge is 0.337 e. The normalized spacial score (nSPS) is 17.4. The minimum absolute atomic E-state index is 0.635. The van der Waals surface area contributed by atoms with Gasteiger partial charge in [-0.15, -0.1) is 0 Å². The molecule has 0 spiro atoms. The van der Waals surface area contributed by atoms with Gasteiger partial charge in [0.1, 0.15) is 0 Å². The lowest BCUT2D eigenvalue weighted by Crippen LogP contribution is -2.13. The van der Waals surface area contributed by atoms with Crippen LogP contribution in [-0.2, 0) is 9.53 Å². The van der Waals surface area contributed by atoms with Gasteiger partial charge in [0.25, 0.3) is 0 Å². The summed E-state index contributed by atoms with van der Waals surface area (Å²) >= 11 is 0. The average Bonchev–Trinajstić information content (AvgIpc) is 3.02. The van der Waals surface area contributed by atoms with Crippen LogP contribution in [-0.4, -0.2) is 18.2 Å². The van der Waals surface area contributed by atoms with Gasteiger partial charge >= 0.3 is 5.97 Å². The predicted molar refractivity (Wildman–Crippen MR) is 55.8 cm³/mol. The Balaban J connectivity index is 2.25. The van der Waals surface area contributed by atoms with Crippen molar-refractivity contribution in [1.29, 1.82) is 0 Å². The van der Waals surface area contributed by atoms with E-state index in [1.54, 1.807) is 6.07 Å². The number of ether oxygens (including phenoxy) is 1. The van der Waals surface area contributed by atoms with Crippen LogP contribution in [0.2, 0.25) is 0 Å². The van der Waals surface area contributed by atoms with E-state index < -0.39 is 12.1 Å². The van der Waals surface area contributed by atoms with Crippen LogP contribution in [0.15, 0.2) is 24.3 Å². The summed E-state index contributed by atoms with van der Waals surface area (Å²) in [6.45, 7) is 0. The molecule has 1 unspecified atom stereocenters. The Kier molecular flexibility index (Phi) is 2.73. The zero-order valence-electron chi connectivity index (χ0n) is 8.64. The number of aliphatic carboxylic acids is 1. The van der Waals surface area contributed by atoms with Gasteiger partial charge in [-0.3, -0.25) is 0 Å². The van der Waals surface area contributed by atoms with Gasteiger partial charge in [0, 0.05) is 7.11 Å². The van der Waals surface area contributed by atoms with Crippen LogP contribution in [0.5, 0.6) is 0 Å². The molecule has 1 aliphatic carbocycles. The molecule has 1 aromatic carbocycles. The molecule has 0 heterocycles. The van der Waals surface area contributed by atoms with E-state index in [1.165, 1.54) is 25.5 Å². The molecule has 0 aliphatic heterocycles. The molecule has 3 heteroatoms. The molecule has 80 valence electrons. The molecule has 0 bridgehead atoms. The van der Waals surface area contributed by atoms with Crippen LogP contribution >= 0.6 is 0 Å². The van der Waals surface area contributed by atoms with E-state index in [0.29, 0.717) is 5.92 Å². The molecule has 0 radical (unpaired) electrons. The molecule has 2 rings (SSSR count). The van der Waals surface area contributed by atoms with Crippen molar-refractivity contribution in [2.75, 3.05) is 7.11 Å². The monoisotopic (exact) mass is 206 g/mol. The predicted octanol–water partition coefficient (Wildman–Crippen LogP) is 2.34. The summed E-state index contributed by atoms with van der Waals surface area (Å²) in [4.78, 5) is 10.9. The molecule has 15 heavy (non-hydrogen) atoms. The molecule has 1 fully saturated rings. The second-order valence-electron chi connectivity index (χ2n) is 3.90. The van der Waals surface area contributed by atoms with Gasteiger partial charge < -0.3 is 9.84 Å². The molecular formula is C12H14O3. The third-order valence-corrected chi connectivity index (χ3v) is 2.72. The second kappa shape index (κ2) is 4.03. The van der Waals surface area contributed by atoms with E-state index >= 15 is 0 Å². The maximum absolute atomic E-state index is 10.9. The van der Waals surface area contributed by atoms with Gasteiger partial charge in [-0.05, 0) is 29.9 Å². The summed E-state index contributed by atoms with van der Waals surface area (Å²) in [5, 5.41) is 8.95. The third kappa shape index (κ3) is 2.18. The number of hydrogen-bond acceptors (Lipinski definition) is 2. The van der Waals surface area contributed by atoms with Gasteiger partial charge in [0.2, 0.25) is 0 Å². The van der Waals surface area contributed by atoms with Crippen LogP contribution in [0.4, 0.5) is 0 Å². The summed E-state index contributed by atoms with van der Waals surface area (Å²) in [5.41, 5.74) is 1.96. The van der Waals surface area contributed by atoms with Gasteiger partial charge in [0.05, 0.1) is 0 Å². The van der Waals surface area contributed by atoms with Crippen molar-refractivity contribution in [3.05, 3.63) is 35.4 Å². The molecule has 1 aromatic rings. The lowest BCUT2D eigenvalue weighted by molar-refractivity contribution is -0.148. The minimum Gasteiger partial charge on any atom is -0.479 e. The van der Waals surface area contributed by atoms with E-state index in [0.717, 1.165) is 5.56 Å². The Morgan fingerprint density at radius 3 is 2.80 bits per heavy atom. The van der Waals surface area contributed by atoms with Crippen molar-refractivity contribution in [1.82, 2.24) is 0 Å². The lowest BCUT2D eigenvalue weighted by Gasteiger charge is -2.11. The molecule has 0 saturated heterocycles. The SMILES string of the molecule is COC(C(=O)O)c1cccc(C2CC2)c1. The minimum atomic E-state index is -0.939. The first-order chi connectivity index (χ1) is 7.22. The van der Waals surface area contributed by atoms with Crippen molar-refractivity contribution < 1.29 is 14.6 Å². The van der Waals surface area contributed by atoms with E-state index in [9.17, 15) is 4.79 Å². The standard InChI is InChI=1S/C12H14O3/c1-15-11(12(13)14)10-4-2-3-9(7-10)8-5-6-8/h2-4,7-8,11H,5-6H2,1H3,(H,13,14). The highest BCUT2D eigenvalue weighted by atomic mass is 16.5. The number of methoxy groups -OCH3 is 1. The molecule has 3 nitrogen and oxygen atoms in total. The van der Waals surface area contributed by atoms with Crippen molar-refractivity contribution in [2.24, 2.45) is 0 Å². The van der Waals surface area contributed by atoms with Crippen LogP contribution in [0.1, 0.15) is 36.0 Å². The number of benzene rings is 1. The number of carboxylic acids is 1. The molecule has 1 atom stereocenters. The highest BCUT2D eigenvalue weighted by Crippen LogP contribution is 2.40. The summed E-state index contributed by atoms with van der Waals surface area (Å²) in [5.74, 6) is -0.304. The van der Waals surface area contributed by atoms with Gasteiger partial charge in [0.15, 0.2) is 6.10 Å². The van der Waals surface area contributed by atoms with Gasteiger partial charge in [-0.25, -0.2) is 4.79 Å². The zero-order chi connectivity index (χ0) is 10.8. The van der Waals surface area contributed by atoms with Crippen LogP contribution < -0.4 is 0 Å². The number of carbonyl (C=O) groups is 1. The van der Waals surface area contributed by atoms with E-state index in [4.69, 9.17) is 9.84 Å². The molecule has 1 aliphatic rings. The Bertz CT molecular complexity index is 369. The van der Waals surface area contributed by atoms with Crippen molar-refractivity contribution in [3.63, 3.8) is 0 Å². The third-order valence-electron chi connectivity index (χ3n) is 2.72. The van der Waals surface area contributed by atoms with E-state index in [1.807, 2.05) is 12.1 Å². The summed E-state index contributed by atoms with van der Waals surface area (Å²) < 4.78 is 4.95. The Morgan fingerprint density at radius 1 is 1.53 bits per heavy atom.